The van der Waals surface area contributed by atoms with Crippen LogP contribution in [0.25, 0.3) is 0 Å². The lowest BCUT2D eigenvalue weighted by molar-refractivity contribution is -0.249. The molecule has 0 rings (SSSR count). The molecule has 86 valence electrons. The zero-order valence-corrected chi connectivity index (χ0v) is 15.4. The van der Waals surface area contributed by atoms with Crippen molar-refractivity contribution in [2.75, 3.05) is 0 Å². The van der Waals surface area contributed by atoms with E-state index in [0.29, 0.717) is 0 Å². The van der Waals surface area contributed by atoms with Crippen LogP contribution >= 0.6 is 95.6 Å². The topological polar surface area (TPSA) is 20.2 Å². The lowest BCUT2D eigenvalue weighted by atomic mass is 10.1. The number of hydrogen-bond acceptors (Lipinski definition) is 1. The molecular weight excluding hydrogens is 600 g/mol. The minimum absolute atomic E-state index is 1.95. The first-order chi connectivity index (χ1) is 5.75. The maximum atomic E-state index is 12.7. The van der Waals surface area contributed by atoms with E-state index < -0.39 is 16.1 Å². The second-order valence-corrected chi connectivity index (χ2v) is 15.7. The molecule has 0 saturated carbocycles. The van der Waals surface area contributed by atoms with Crippen LogP contribution in [-0.2, 0) is 0 Å². The van der Waals surface area contributed by atoms with Gasteiger partial charge in [0.05, 0.1) is 0 Å². The Morgan fingerprint density at radius 2 is 0.929 bits per heavy atom. The van der Waals surface area contributed by atoms with Crippen molar-refractivity contribution in [1.29, 1.82) is 0 Å². The molecule has 0 heterocycles. The smallest absolute Gasteiger partial charge is 0.376 e. The molecule has 10 heteroatoms. The quantitative estimate of drug-likeness (QED) is 0.390. The number of aliphatic hydroxyl groups is 1. The van der Waals surface area contributed by atoms with Crippen LogP contribution in [-0.4, -0.2) is 21.2 Å². The Morgan fingerprint density at radius 1 is 0.714 bits per heavy atom. The van der Waals surface area contributed by atoms with E-state index in [9.17, 15) is 18.3 Å². The molecule has 0 aliphatic rings. The molecule has 14 heavy (non-hydrogen) atoms. The lowest BCUT2D eigenvalue weighted by Crippen LogP contribution is -2.62. The van der Waals surface area contributed by atoms with Crippen molar-refractivity contribution in [3.63, 3.8) is 0 Å². The molecular formula is C4HBr6F3O. The highest BCUT2D eigenvalue weighted by Crippen LogP contribution is 2.62. The van der Waals surface area contributed by atoms with E-state index in [-0.39, 0.29) is 0 Å². The Balaban J connectivity index is 5.54. The zero-order chi connectivity index (χ0) is 12.0. The molecule has 0 aromatic rings. The fraction of sp³-hybridized carbons (Fsp3) is 1.00. The van der Waals surface area contributed by atoms with Gasteiger partial charge in [0.25, 0.3) is 0 Å². The molecule has 0 aromatic heterocycles. The van der Waals surface area contributed by atoms with Crippen molar-refractivity contribution >= 4 is 95.6 Å². The summed E-state index contributed by atoms with van der Waals surface area (Å²) < 4.78 is 34.1. The monoisotopic (exact) mass is 596 g/mol. The van der Waals surface area contributed by atoms with Gasteiger partial charge in [-0.05, 0) is 0 Å². The van der Waals surface area contributed by atoms with E-state index in [2.05, 4.69) is 95.6 Å². The Hall–Kier alpha value is 2.63. The summed E-state index contributed by atoms with van der Waals surface area (Å²) in [4.78, 5) is 0. The van der Waals surface area contributed by atoms with Crippen LogP contribution in [0.3, 0.4) is 0 Å². The van der Waals surface area contributed by atoms with Crippen molar-refractivity contribution in [3.05, 3.63) is 0 Å². The van der Waals surface area contributed by atoms with Gasteiger partial charge in [0.15, 0.2) is 4.29 Å². The molecule has 1 N–H and O–H groups in total. The highest BCUT2D eigenvalue weighted by molar-refractivity contribution is 9.41. The van der Waals surface area contributed by atoms with E-state index >= 15 is 0 Å². The Kier molecular flexibility index (Phi) is 5.60. The SMILES string of the molecule is OC(C(F)(F)F)(C(Br)(Br)Br)C(Br)(Br)Br. The lowest BCUT2D eigenvalue weighted by Gasteiger charge is -2.42. The highest BCUT2D eigenvalue weighted by Gasteiger charge is 2.73. The molecule has 0 aliphatic heterocycles. The normalized spacial score (nSPS) is 15.9. The molecule has 0 fully saturated rings. The van der Waals surface area contributed by atoms with Crippen LogP contribution in [0.15, 0.2) is 0 Å². The third kappa shape index (κ3) is 3.10. The summed E-state index contributed by atoms with van der Waals surface area (Å²) in [5, 5.41) is 9.61. The predicted molar refractivity (Wildman–Crippen MR) is 70.0 cm³/mol. The van der Waals surface area contributed by atoms with Crippen LogP contribution in [0.4, 0.5) is 13.2 Å². The van der Waals surface area contributed by atoms with Crippen molar-refractivity contribution in [1.82, 2.24) is 0 Å². The Labute approximate surface area is 128 Å². The molecule has 0 spiro atoms. The second kappa shape index (κ2) is 4.72. The molecule has 0 radical (unpaired) electrons. The molecule has 1 nitrogen and oxygen atoms in total. The van der Waals surface area contributed by atoms with Crippen LogP contribution in [0, 0.1) is 0 Å². The molecule has 0 bridgehead atoms. The van der Waals surface area contributed by atoms with Crippen molar-refractivity contribution in [2.24, 2.45) is 0 Å². The van der Waals surface area contributed by atoms with Gasteiger partial charge in [0.1, 0.15) is 0 Å². The number of halogens is 9. The van der Waals surface area contributed by atoms with Gasteiger partial charge in [0, 0.05) is 0 Å². The van der Waals surface area contributed by atoms with Gasteiger partial charge in [0.2, 0.25) is 5.60 Å². The molecule has 0 unspecified atom stereocenters. The molecule has 0 amide bonds. The van der Waals surface area contributed by atoms with E-state index in [1.807, 2.05) is 0 Å². The van der Waals surface area contributed by atoms with E-state index in [4.69, 9.17) is 0 Å². The van der Waals surface area contributed by atoms with Gasteiger partial charge in [-0.15, -0.1) is 0 Å². The maximum absolute atomic E-state index is 12.7. The zero-order valence-electron chi connectivity index (χ0n) is 5.85. The van der Waals surface area contributed by atoms with Gasteiger partial charge in [-0.2, -0.15) is 13.2 Å². The van der Waals surface area contributed by atoms with Gasteiger partial charge in [-0.1, -0.05) is 95.6 Å². The fourth-order valence-electron chi connectivity index (χ4n) is 0.482. The summed E-state index contributed by atoms with van der Waals surface area (Å²) in [6.07, 6.45) is -4.90. The Morgan fingerprint density at radius 3 is 0.929 bits per heavy atom. The van der Waals surface area contributed by atoms with Crippen molar-refractivity contribution in [2.45, 2.75) is 16.1 Å². The average Bonchev–Trinajstić information content (AvgIpc) is 1.77. The summed E-state index contributed by atoms with van der Waals surface area (Å²) in [6, 6.07) is 0. The first-order valence-corrected chi connectivity index (χ1v) is 7.43. The molecule has 0 aliphatic carbocycles. The van der Waals surface area contributed by atoms with Gasteiger partial charge < -0.3 is 5.11 Å². The fourth-order valence-corrected chi connectivity index (χ4v) is 6.01. The first-order valence-electron chi connectivity index (χ1n) is 2.67. The highest BCUT2D eigenvalue weighted by atomic mass is 80.0. The van der Waals surface area contributed by atoms with Crippen molar-refractivity contribution < 1.29 is 18.3 Å². The summed E-state index contributed by atoms with van der Waals surface area (Å²) >= 11 is 15.9. The van der Waals surface area contributed by atoms with E-state index in [1.165, 1.54) is 0 Å². The molecule has 0 saturated heterocycles. The minimum Gasteiger partial charge on any atom is -0.376 e. The van der Waals surface area contributed by atoms with E-state index in [0.717, 1.165) is 0 Å². The number of alkyl halides is 9. The van der Waals surface area contributed by atoms with Crippen LogP contribution in [0.2, 0.25) is 0 Å². The first kappa shape index (κ1) is 16.6. The number of hydrogen-bond donors (Lipinski definition) is 1. The summed E-state index contributed by atoms with van der Waals surface area (Å²) in [6.45, 7) is 0. The van der Waals surface area contributed by atoms with Crippen LogP contribution in [0.1, 0.15) is 0 Å². The third-order valence-electron chi connectivity index (χ3n) is 1.23. The van der Waals surface area contributed by atoms with Gasteiger partial charge in [-0.3, -0.25) is 0 Å². The Bertz CT molecular complexity index is 179. The van der Waals surface area contributed by atoms with Crippen molar-refractivity contribution in [3.8, 4) is 0 Å². The molecule has 0 atom stereocenters. The second-order valence-electron chi connectivity index (χ2n) is 2.20. The largest absolute Gasteiger partial charge is 0.423 e. The summed E-state index contributed by atoms with van der Waals surface area (Å²) in [5.74, 6) is 0. The van der Waals surface area contributed by atoms with Gasteiger partial charge in [-0.25, -0.2) is 0 Å². The standard InChI is InChI=1S/C4HBr6F3O/c5-2(6,7)1(14,3(8,9)10)4(11,12)13/h14H. The number of rotatable bonds is 0. The summed E-state index contributed by atoms with van der Waals surface area (Å²) in [5.41, 5.74) is -3.19. The maximum Gasteiger partial charge on any atom is 0.423 e. The van der Waals surface area contributed by atoms with Crippen LogP contribution < -0.4 is 0 Å². The average molecular weight is 601 g/mol. The van der Waals surface area contributed by atoms with Crippen LogP contribution in [0.5, 0.6) is 0 Å². The van der Waals surface area contributed by atoms with Gasteiger partial charge >= 0.3 is 6.18 Å². The molecule has 0 aromatic carbocycles. The van der Waals surface area contributed by atoms with E-state index in [1.54, 1.807) is 0 Å². The minimum atomic E-state index is -4.90. The summed E-state index contributed by atoms with van der Waals surface area (Å²) in [7, 11) is 0. The predicted octanol–water partition coefficient (Wildman–Crippen LogP) is 4.96. The third-order valence-corrected chi connectivity index (χ3v) is 4.67.